The van der Waals surface area contributed by atoms with E-state index in [1.165, 1.54) is 18.3 Å². The van der Waals surface area contributed by atoms with E-state index in [1.807, 2.05) is 0 Å². The van der Waals surface area contributed by atoms with Crippen molar-refractivity contribution in [1.29, 1.82) is 0 Å². The van der Waals surface area contributed by atoms with Gasteiger partial charge in [0.25, 0.3) is 0 Å². The maximum atomic E-state index is 15.3. The van der Waals surface area contributed by atoms with Crippen LogP contribution in [-0.2, 0) is 10.0 Å². The highest BCUT2D eigenvalue weighted by molar-refractivity contribution is 7.92. The molecule has 1 atom stereocenters. The fraction of sp³-hybridized carbons (Fsp3) is 0.333. The van der Waals surface area contributed by atoms with Crippen molar-refractivity contribution in [2.75, 3.05) is 22.8 Å². The van der Waals surface area contributed by atoms with Crippen LogP contribution in [0.3, 0.4) is 0 Å². The van der Waals surface area contributed by atoms with Crippen molar-refractivity contribution in [3.8, 4) is 22.6 Å². The van der Waals surface area contributed by atoms with Crippen LogP contribution >= 0.6 is 0 Å². The number of amides is 1. The number of hydrogen-bond donors (Lipinski definition) is 5. The largest absolute Gasteiger partial charge is 0.465 e. The van der Waals surface area contributed by atoms with Gasteiger partial charge in [-0.15, -0.1) is 0 Å². The number of nitrogens with zero attached hydrogens (tertiary/aromatic N) is 3. The number of halogens is 1. The Morgan fingerprint density at radius 2 is 2.06 bits per heavy atom. The van der Waals surface area contributed by atoms with Crippen molar-refractivity contribution < 1.29 is 22.7 Å². The van der Waals surface area contributed by atoms with E-state index in [0.29, 0.717) is 22.9 Å². The maximum absolute atomic E-state index is 15.3. The fourth-order valence-corrected chi connectivity index (χ4v) is 3.96. The predicted molar refractivity (Wildman–Crippen MR) is 125 cm³/mol. The summed E-state index contributed by atoms with van der Waals surface area (Å²) in [5.74, 6) is 0.468. The predicted octanol–water partition coefficient (Wildman–Crippen LogP) is 2.99. The van der Waals surface area contributed by atoms with Gasteiger partial charge in [-0.05, 0) is 38.0 Å². The topological polar surface area (TPSA) is 162 Å². The van der Waals surface area contributed by atoms with Gasteiger partial charge in [0, 0.05) is 30.3 Å². The third-order valence-corrected chi connectivity index (χ3v) is 5.67. The first-order valence-electron chi connectivity index (χ1n) is 10.5. The average molecular weight is 490 g/mol. The zero-order chi connectivity index (χ0) is 24.5. The SMILES string of the molecule is CC(CNc1nccc(-c2[nH]c(C3CC3)nc2-c2cccc(NS(C)(=O)=O)c2F)n1)NC(=O)O. The highest BCUT2D eigenvalue weighted by Gasteiger charge is 2.30. The first-order chi connectivity index (χ1) is 16.1. The number of carbonyl (C=O) groups is 1. The average Bonchev–Trinajstić information content (AvgIpc) is 3.51. The smallest absolute Gasteiger partial charge is 0.404 e. The molecule has 0 spiro atoms. The molecule has 1 aliphatic carbocycles. The lowest BCUT2D eigenvalue weighted by molar-refractivity contribution is 0.191. The second kappa shape index (κ2) is 9.25. The van der Waals surface area contributed by atoms with Crippen LogP contribution in [0.15, 0.2) is 30.5 Å². The van der Waals surface area contributed by atoms with Crippen LogP contribution in [0.4, 0.5) is 20.8 Å². The molecule has 180 valence electrons. The molecule has 34 heavy (non-hydrogen) atoms. The lowest BCUT2D eigenvalue weighted by Crippen LogP contribution is -2.36. The summed E-state index contributed by atoms with van der Waals surface area (Å²) in [5, 5.41) is 14.1. The van der Waals surface area contributed by atoms with Gasteiger partial charge in [-0.2, -0.15) is 0 Å². The van der Waals surface area contributed by atoms with Crippen molar-refractivity contribution in [2.45, 2.75) is 31.7 Å². The second-order valence-corrected chi connectivity index (χ2v) is 9.91. The number of aromatic nitrogens is 4. The normalized spacial score (nSPS) is 14.4. The number of aromatic amines is 1. The highest BCUT2D eigenvalue weighted by Crippen LogP contribution is 2.42. The Balaban J connectivity index is 1.70. The number of carboxylic acid groups (broad SMARTS) is 1. The summed E-state index contributed by atoms with van der Waals surface area (Å²) in [6.07, 6.45) is 3.28. The molecule has 0 bridgehead atoms. The number of nitrogens with one attached hydrogen (secondary N) is 4. The van der Waals surface area contributed by atoms with Crippen molar-refractivity contribution in [2.24, 2.45) is 0 Å². The standard InChI is InChI=1S/C21H24FN7O4S/c1-11(25-21(30)31)10-24-20-23-9-8-15(26-20)18-17(27-19(28-18)12-6-7-12)13-4-3-5-14(16(13)22)29-34(2,32)33/h3-5,8-9,11-12,25,29H,6-7,10H2,1-2H3,(H,27,28)(H,30,31)(H,23,24,26). The molecule has 0 saturated heterocycles. The quantitative estimate of drug-likeness (QED) is 0.306. The van der Waals surface area contributed by atoms with E-state index in [-0.39, 0.29) is 35.7 Å². The third kappa shape index (κ3) is 5.60. The molecule has 1 aromatic carbocycles. The molecule has 1 fully saturated rings. The minimum Gasteiger partial charge on any atom is -0.465 e. The molecule has 0 radical (unpaired) electrons. The van der Waals surface area contributed by atoms with E-state index in [2.05, 4.69) is 35.3 Å². The van der Waals surface area contributed by atoms with Gasteiger partial charge in [0.2, 0.25) is 16.0 Å². The van der Waals surface area contributed by atoms with Crippen LogP contribution in [0.2, 0.25) is 0 Å². The highest BCUT2D eigenvalue weighted by atomic mass is 32.2. The third-order valence-electron chi connectivity index (χ3n) is 5.08. The molecule has 3 aromatic rings. The van der Waals surface area contributed by atoms with Crippen LogP contribution in [0.1, 0.15) is 31.5 Å². The minimum atomic E-state index is -3.67. The number of imidazole rings is 1. The van der Waals surface area contributed by atoms with E-state index in [1.54, 1.807) is 19.1 Å². The van der Waals surface area contributed by atoms with Gasteiger partial charge in [0.15, 0.2) is 5.82 Å². The molecule has 1 amide bonds. The lowest BCUT2D eigenvalue weighted by atomic mass is 10.1. The molecular formula is C21H24FN7O4S. The molecule has 1 saturated carbocycles. The Morgan fingerprint density at radius 1 is 1.29 bits per heavy atom. The van der Waals surface area contributed by atoms with Crippen LogP contribution in [0.25, 0.3) is 22.6 Å². The summed E-state index contributed by atoms with van der Waals surface area (Å²) < 4.78 is 40.8. The molecular weight excluding hydrogens is 465 g/mol. The summed E-state index contributed by atoms with van der Waals surface area (Å²) in [6.45, 7) is 1.95. The Hall–Kier alpha value is -3.74. The molecule has 4 rings (SSSR count). The summed E-state index contributed by atoms with van der Waals surface area (Å²) >= 11 is 0. The molecule has 2 aromatic heterocycles. The zero-order valence-electron chi connectivity index (χ0n) is 18.5. The lowest BCUT2D eigenvalue weighted by Gasteiger charge is -2.13. The van der Waals surface area contributed by atoms with E-state index < -0.39 is 21.9 Å². The van der Waals surface area contributed by atoms with Gasteiger partial charge in [-0.25, -0.2) is 32.6 Å². The molecule has 1 unspecified atom stereocenters. The van der Waals surface area contributed by atoms with Gasteiger partial charge in [-0.3, -0.25) is 4.72 Å². The van der Waals surface area contributed by atoms with Gasteiger partial charge in [0.1, 0.15) is 11.5 Å². The van der Waals surface area contributed by atoms with E-state index in [0.717, 1.165) is 19.1 Å². The molecule has 13 heteroatoms. The molecule has 1 aliphatic rings. The fourth-order valence-electron chi connectivity index (χ4n) is 3.40. The van der Waals surface area contributed by atoms with Crippen LogP contribution in [0.5, 0.6) is 0 Å². The van der Waals surface area contributed by atoms with Crippen molar-refractivity contribution in [3.05, 3.63) is 42.1 Å². The van der Waals surface area contributed by atoms with Crippen molar-refractivity contribution in [3.63, 3.8) is 0 Å². The molecule has 11 nitrogen and oxygen atoms in total. The van der Waals surface area contributed by atoms with E-state index in [9.17, 15) is 13.2 Å². The van der Waals surface area contributed by atoms with E-state index >= 15 is 4.39 Å². The Labute approximate surface area is 195 Å². The summed E-state index contributed by atoms with van der Waals surface area (Å²) in [6, 6.07) is 5.68. The molecule has 2 heterocycles. The Kier molecular flexibility index (Phi) is 6.37. The summed E-state index contributed by atoms with van der Waals surface area (Å²) in [4.78, 5) is 27.3. The van der Waals surface area contributed by atoms with Gasteiger partial charge in [-0.1, -0.05) is 6.07 Å². The van der Waals surface area contributed by atoms with E-state index in [4.69, 9.17) is 5.11 Å². The number of anilines is 2. The number of sulfonamides is 1. The number of rotatable bonds is 9. The van der Waals surface area contributed by atoms with Crippen LogP contribution in [-0.4, -0.2) is 58.4 Å². The van der Waals surface area contributed by atoms with Gasteiger partial charge in [0.05, 0.1) is 23.3 Å². The van der Waals surface area contributed by atoms with Crippen LogP contribution < -0.4 is 15.4 Å². The van der Waals surface area contributed by atoms with Crippen molar-refractivity contribution >= 4 is 27.8 Å². The van der Waals surface area contributed by atoms with Crippen molar-refractivity contribution in [1.82, 2.24) is 25.3 Å². The second-order valence-electron chi connectivity index (χ2n) is 8.16. The zero-order valence-corrected chi connectivity index (χ0v) is 19.3. The minimum absolute atomic E-state index is 0.124. The monoisotopic (exact) mass is 489 g/mol. The molecule has 0 aliphatic heterocycles. The molecule has 5 N–H and O–H groups in total. The Bertz CT molecular complexity index is 1320. The first-order valence-corrected chi connectivity index (χ1v) is 12.4. The first kappa shape index (κ1) is 23.4. The number of benzene rings is 1. The maximum Gasteiger partial charge on any atom is 0.404 e. The summed E-state index contributed by atoms with van der Waals surface area (Å²) in [5.41, 5.74) is 1.18. The summed E-state index contributed by atoms with van der Waals surface area (Å²) in [7, 11) is -3.67. The number of H-pyrrole nitrogens is 1. The van der Waals surface area contributed by atoms with Gasteiger partial charge < -0.3 is 20.7 Å². The number of hydrogen-bond acceptors (Lipinski definition) is 7. The van der Waals surface area contributed by atoms with Crippen LogP contribution in [0, 0.1) is 5.82 Å². The Morgan fingerprint density at radius 3 is 2.74 bits per heavy atom. The van der Waals surface area contributed by atoms with Gasteiger partial charge >= 0.3 is 6.09 Å².